The highest BCUT2D eigenvalue weighted by Crippen LogP contribution is 2.25. The summed E-state index contributed by atoms with van der Waals surface area (Å²) in [4.78, 5) is 7.10. The molecule has 0 atom stereocenters. The topological polar surface area (TPSA) is 28.7 Å². The predicted molar refractivity (Wildman–Crippen MR) is 53.5 cm³/mol. The molecule has 1 aromatic carbocycles. The van der Waals surface area contributed by atoms with Crippen LogP contribution in [0.2, 0.25) is 0 Å². The molecular formula is C11H6F2N2. The van der Waals surface area contributed by atoms with Crippen molar-refractivity contribution >= 4 is 21.9 Å². The summed E-state index contributed by atoms with van der Waals surface area (Å²) in [5.41, 5.74) is 1.99. The SMILES string of the molecule is Fc1cc2[nH]c3cccnc3c2cc1F. The van der Waals surface area contributed by atoms with Crippen LogP contribution in [0.3, 0.4) is 0 Å². The molecule has 0 saturated carbocycles. The predicted octanol–water partition coefficient (Wildman–Crippen LogP) is 2.99. The molecule has 15 heavy (non-hydrogen) atoms. The normalized spacial score (nSPS) is 11.3. The molecule has 0 unspecified atom stereocenters. The lowest BCUT2D eigenvalue weighted by Crippen LogP contribution is -1.82. The van der Waals surface area contributed by atoms with Crippen molar-refractivity contribution < 1.29 is 8.78 Å². The van der Waals surface area contributed by atoms with Crippen LogP contribution in [0.25, 0.3) is 21.9 Å². The van der Waals surface area contributed by atoms with Gasteiger partial charge in [0.2, 0.25) is 0 Å². The molecule has 0 fully saturated rings. The first-order valence-corrected chi connectivity index (χ1v) is 4.47. The zero-order valence-electron chi connectivity index (χ0n) is 7.59. The Morgan fingerprint density at radius 2 is 1.87 bits per heavy atom. The molecular weight excluding hydrogens is 198 g/mol. The maximum atomic E-state index is 13.0. The smallest absolute Gasteiger partial charge is 0.160 e. The number of hydrogen-bond donors (Lipinski definition) is 1. The Bertz CT molecular complexity index is 658. The third-order valence-electron chi connectivity index (χ3n) is 2.39. The number of benzene rings is 1. The molecule has 1 N–H and O–H groups in total. The van der Waals surface area contributed by atoms with E-state index in [2.05, 4.69) is 9.97 Å². The molecule has 0 amide bonds. The highest BCUT2D eigenvalue weighted by atomic mass is 19.2. The van der Waals surface area contributed by atoms with E-state index in [9.17, 15) is 8.78 Å². The zero-order valence-corrected chi connectivity index (χ0v) is 7.59. The zero-order chi connectivity index (χ0) is 10.4. The van der Waals surface area contributed by atoms with Gasteiger partial charge in [0.15, 0.2) is 11.6 Å². The molecule has 0 radical (unpaired) electrons. The molecule has 0 aliphatic carbocycles. The van der Waals surface area contributed by atoms with Crippen LogP contribution in [0.1, 0.15) is 0 Å². The van der Waals surface area contributed by atoms with E-state index in [1.807, 2.05) is 6.07 Å². The lowest BCUT2D eigenvalue weighted by Gasteiger charge is -1.92. The van der Waals surface area contributed by atoms with Gasteiger partial charge in [-0.25, -0.2) is 8.78 Å². The summed E-state index contributed by atoms with van der Waals surface area (Å²) in [6, 6.07) is 5.89. The first kappa shape index (κ1) is 8.35. The van der Waals surface area contributed by atoms with Gasteiger partial charge in [0.05, 0.1) is 16.6 Å². The van der Waals surface area contributed by atoms with Gasteiger partial charge in [0.25, 0.3) is 0 Å². The molecule has 3 rings (SSSR count). The number of nitrogens with zero attached hydrogens (tertiary/aromatic N) is 1. The van der Waals surface area contributed by atoms with Crippen molar-refractivity contribution in [2.45, 2.75) is 0 Å². The van der Waals surface area contributed by atoms with Crippen molar-refractivity contribution in [3.8, 4) is 0 Å². The minimum Gasteiger partial charge on any atom is -0.353 e. The second-order valence-corrected chi connectivity index (χ2v) is 3.34. The Hall–Kier alpha value is -1.97. The Balaban J connectivity index is 2.56. The summed E-state index contributed by atoms with van der Waals surface area (Å²) in [6.45, 7) is 0. The number of aromatic amines is 1. The number of nitrogens with one attached hydrogen (secondary N) is 1. The van der Waals surface area contributed by atoms with Gasteiger partial charge < -0.3 is 4.98 Å². The lowest BCUT2D eigenvalue weighted by molar-refractivity contribution is 0.511. The van der Waals surface area contributed by atoms with Crippen LogP contribution in [0, 0.1) is 11.6 Å². The highest BCUT2D eigenvalue weighted by molar-refractivity contribution is 6.04. The minimum atomic E-state index is -0.853. The Morgan fingerprint density at radius 3 is 2.73 bits per heavy atom. The van der Waals surface area contributed by atoms with Crippen molar-refractivity contribution in [3.05, 3.63) is 42.1 Å². The fourth-order valence-electron chi connectivity index (χ4n) is 1.71. The molecule has 0 spiro atoms. The van der Waals surface area contributed by atoms with Crippen LogP contribution in [0.5, 0.6) is 0 Å². The van der Waals surface area contributed by atoms with E-state index in [4.69, 9.17) is 0 Å². The van der Waals surface area contributed by atoms with E-state index in [1.165, 1.54) is 0 Å². The second-order valence-electron chi connectivity index (χ2n) is 3.34. The van der Waals surface area contributed by atoms with Crippen LogP contribution in [-0.2, 0) is 0 Å². The van der Waals surface area contributed by atoms with Crippen LogP contribution < -0.4 is 0 Å². The van der Waals surface area contributed by atoms with Crippen LogP contribution >= 0.6 is 0 Å². The Kier molecular flexibility index (Phi) is 1.54. The summed E-state index contributed by atoms with van der Waals surface area (Å²) in [5, 5.41) is 0.601. The molecule has 2 heterocycles. The molecule has 0 aliphatic heterocycles. The van der Waals surface area contributed by atoms with Gasteiger partial charge in [-0.05, 0) is 18.2 Å². The summed E-state index contributed by atoms with van der Waals surface area (Å²) < 4.78 is 26.0. The number of rotatable bonds is 0. The van der Waals surface area contributed by atoms with Gasteiger partial charge >= 0.3 is 0 Å². The van der Waals surface area contributed by atoms with Gasteiger partial charge in [0.1, 0.15) is 0 Å². The maximum absolute atomic E-state index is 13.0. The van der Waals surface area contributed by atoms with Crippen molar-refractivity contribution in [3.63, 3.8) is 0 Å². The molecule has 0 bridgehead atoms. The quantitative estimate of drug-likeness (QED) is 0.599. The van der Waals surface area contributed by atoms with E-state index in [1.54, 1.807) is 12.3 Å². The molecule has 0 aliphatic rings. The number of aromatic nitrogens is 2. The van der Waals surface area contributed by atoms with Crippen molar-refractivity contribution in [1.29, 1.82) is 0 Å². The highest BCUT2D eigenvalue weighted by Gasteiger charge is 2.09. The largest absolute Gasteiger partial charge is 0.353 e. The third-order valence-corrected chi connectivity index (χ3v) is 2.39. The van der Waals surface area contributed by atoms with E-state index in [0.717, 1.165) is 17.6 Å². The summed E-state index contributed by atoms with van der Waals surface area (Å²) in [6.07, 6.45) is 1.62. The fourth-order valence-corrected chi connectivity index (χ4v) is 1.71. The van der Waals surface area contributed by atoms with E-state index >= 15 is 0 Å². The number of H-pyrrole nitrogens is 1. The summed E-state index contributed by atoms with van der Waals surface area (Å²) in [7, 11) is 0. The summed E-state index contributed by atoms with van der Waals surface area (Å²) >= 11 is 0. The number of fused-ring (bicyclic) bond motifs is 3. The molecule has 3 aromatic rings. The van der Waals surface area contributed by atoms with Crippen LogP contribution in [0.4, 0.5) is 8.78 Å². The molecule has 2 nitrogen and oxygen atoms in total. The molecule has 4 heteroatoms. The van der Waals surface area contributed by atoms with Crippen molar-refractivity contribution in [2.24, 2.45) is 0 Å². The summed E-state index contributed by atoms with van der Waals surface area (Å²) in [5.74, 6) is -1.71. The fraction of sp³-hybridized carbons (Fsp3) is 0. The molecule has 2 aromatic heterocycles. The molecule has 74 valence electrons. The number of hydrogen-bond acceptors (Lipinski definition) is 1. The third kappa shape index (κ3) is 1.11. The first-order valence-electron chi connectivity index (χ1n) is 4.47. The van der Waals surface area contributed by atoms with E-state index < -0.39 is 11.6 Å². The van der Waals surface area contributed by atoms with Crippen LogP contribution in [0.15, 0.2) is 30.5 Å². The van der Waals surface area contributed by atoms with Crippen LogP contribution in [-0.4, -0.2) is 9.97 Å². The minimum absolute atomic E-state index is 0.558. The van der Waals surface area contributed by atoms with Crippen molar-refractivity contribution in [2.75, 3.05) is 0 Å². The van der Waals surface area contributed by atoms with Crippen molar-refractivity contribution in [1.82, 2.24) is 9.97 Å². The monoisotopic (exact) mass is 204 g/mol. The van der Waals surface area contributed by atoms with Gasteiger partial charge in [-0.15, -0.1) is 0 Å². The van der Waals surface area contributed by atoms with E-state index in [0.29, 0.717) is 16.4 Å². The average molecular weight is 204 g/mol. The number of pyridine rings is 1. The maximum Gasteiger partial charge on any atom is 0.160 e. The van der Waals surface area contributed by atoms with Gasteiger partial charge in [-0.3, -0.25) is 4.98 Å². The lowest BCUT2D eigenvalue weighted by atomic mass is 10.2. The molecule has 0 saturated heterocycles. The second kappa shape index (κ2) is 2.76. The Labute approximate surface area is 83.6 Å². The van der Waals surface area contributed by atoms with Gasteiger partial charge in [-0.1, -0.05) is 0 Å². The first-order chi connectivity index (χ1) is 7.25. The van der Waals surface area contributed by atoms with E-state index in [-0.39, 0.29) is 0 Å². The van der Waals surface area contributed by atoms with Gasteiger partial charge in [0, 0.05) is 17.6 Å². The number of halogens is 2. The average Bonchev–Trinajstić information content (AvgIpc) is 2.57. The van der Waals surface area contributed by atoms with Gasteiger partial charge in [-0.2, -0.15) is 0 Å². The standard InChI is InChI=1S/C11H6F2N2/c12-7-4-6-10(5-8(7)13)15-9-2-1-3-14-11(6)9/h1-5,15H. The Morgan fingerprint density at radius 1 is 1.07 bits per heavy atom.